The van der Waals surface area contributed by atoms with Crippen LogP contribution in [-0.2, 0) is 9.53 Å². The number of ether oxygens (including phenoxy) is 1. The van der Waals surface area contributed by atoms with Crippen LogP contribution in [0, 0.1) is 0 Å². The van der Waals surface area contributed by atoms with Crippen LogP contribution < -0.4 is 4.90 Å². The molecule has 2 aromatic rings. The van der Waals surface area contributed by atoms with Crippen molar-refractivity contribution in [1.82, 2.24) is 9.97 Å². The van der Waals surface area contributed by atoms with Gasteiger partial charge >= 0.3 is 5.97 Å². The van der Waals surface area contributed by atoms with E-state index in [-0.39, 0.29) is 12.3 Å². The van der Waals surface area contributed by atoms with E-state index in [1.54, 1.807) is 54.7 Å². The Labute approximate surface area is 139 Å². The molecule has 1 aromatic heterocycles. The highest BCUT2D eigenvalue weighted by molar-refractivity contribution is 6.30. The highest BCUT2D eigenvalue weighted by Crippen LogP contribution is 2.12. The smallest absolute Gasteiger partial charge is 0.326 e. The molecule has 0 saturated carbocycles. The predicted octanol–water partition coefficient (Wildman–Crippen LogP) is 2.38. The molecule has 0 radical (unpaired) electrons. The van der Waals surface area contributed by atoms with E-state index >= 15 is 0 Å². The predicted molar refractivity (Wildman–Crippen MR) is 86.6 cm³/mol. The van der Waals surface area contributed by atoms with Gasteiger partial charge in [-0.05, 0) is 37.3 Å². The van der Waals surface area contributed by atoms with E-state index in [2.05, 4.69) is 9.97 Å². The zero-order chi connectivity index (χ0) is 16.8. The normalized spacial score (nSPS) is 11.6. The summed E-state index contributed by atoms with van der Waals surface area (Å²) in [5.74, 6) is -0.412. The van der Waals surface area contributed by atoms with Crippen LogP contribution in [0.2, 0.25) is 5.02 Å². The lowest BCUT2D eigenvalue weighted by Crippen LogP contribution is -2.32. The lowest BCUT2D eigenvalue weighted by Gasteiger charge is -2.17. The molecule has 0 amide bonds. The van der Waals surface area contributed by atoms with Crippen LogP contribution in [0.1, 0.15) is 17.3 Å². The number of hydrogen-bond acceptors (Lipinski definition) is 6. The molecular formula is C16H16ClN3O3. The second kappa shape index (κ2) is 7.69. The average molecular weight is 334 g/mol. The summed E-state index contributed by atoms with van der Waals surface area (Å²) in [5, 5.41) is 0.538. The maximum atomic E-state index is 12.2. The number of aromatic nitrogens is 2. The Balaban J connectivity index is 1.91. The van der Waals surface area contributed by atoms with Crippen LogP contribution in [0.15, 0.2) is 42.7 Å². The first-order valence-electron chi connectivity index (χ1n) is 6.95. The monoisotopic (exact) mass is 333 g/mol. The van der Waals surface area contributed by atoms with Gasteiger partial charge in [-0.3, -0.25) is 9.59 Å². The first kappa shape index (κ1) is 16.9. The number of nitrogens with zero attached hydrogens (tertiary/aromatic N) is 3. The quantitative estimate of drug-likeness (QED) is 0.597. The minimum atomic E-state index is -0.881. The van der Waals surface area contributed by atoms with Gasteiger partial charge in [0, 0.05) is 30.0 Å². The van der Waals surface area contributed by atoms with E-state index in [4.69, 9.17) is 16.3 Å². The standard InChI is InChI=1S/C16H16ClN3O3/c1-11(15(22)12-4-6-13(17)7-5-12)23-14(21)10-20(2)16-18-8-3-9-19-16/h3-9,11H,10H2,1-2H3. The summed E-state index contributed by atoms with van der Waals surface area (Å²) < 4.78 is 5.17. The topological polar surface area (TPSA) is 72.4 Å². The number of anilines is 1. The second-order valence-corrected chi connectivity index (χ2v) is 5.34. The number of halogens is 1. The summed E-state index contributed by atoms with van der Waals surface area (Å²) in [6, 6.07) is 8.11. The minimum Gasteiger partial charge on any atom is -0.453 e. The molecule has 1 aromatic carbocycles. The van der Waals surface area contributed by atoms with Crippen LogP contribution in [0.4, 0.5) is 5.95 Å². The first-order chi connectivity index (χ1) is 11.0. The largest absolute Gasteiger partial charge is 0.453 e. The van der Waals surface area contributed by atoms with Gasteiger partial charge in [0.15, 0.2) is 6.10 Å². The molecule has 2 rings (SSSR count). The summed E-state index contributed by atoms with van der Waals surface area (Å²) in [7, 11) is 1.67. The summed E-state index contributed by atoms with van der Waals surface area (Å²) in [6.07, 6.45) is 2.28. The van der Waals surface area contributed by atoms with E-state index in [0.29, 0.717) is 16.5 Å². The Morgan fingerprint density at radius 1 is 1.22 bits per heavy atom. The van der Waals surface area contributed by atoms with Gasteiger partial charge in [0.1, 0.15) is 6.54 Å². The van der Waals surface area contributed by atoms with Crippen LogP contribution in [-0.4, -0.2) is 41.4 Å². The highest BCUT2D eigenvalue weighted by atomic mass is 35.5. The van der Waals surface area contributed by atoms with Gasteiger partial charge in [0.2, 0.25) is 11.7 Å². The Kier molecular flexibility index (Phi) is 5.65. The third kappa shape index (κ3) is 4.75. The average Bonchev–Trinajstić information content (AvgIpc) is 2.55. The van der Waals surface area contributed by atoms with Gasteiger partial charge in [0.05, 0.1) is 0 Å². The summed E-state index contributed by atoms with van der Waals surface area (Å²) in [4.78, 5) is 33.7. The van der Waals surface area contributed by atoms with E-state index in [9.17, 15) is 9.59 Å². The van der Waals surface area contributed by atoms with Crippen molar-refractivity contribution in [2.24, 2.45) is 0 Å². The number of rotatable bonds is 6. The number of benzene rings is 1. The van der Waals surface area contributed by atoms with Crippen LogP contribution in [0.25, 0.3) is 0 Å². The molecule has 7 heteroatoms. The Hall–Kier alpha value is -2.47. The third-order valence-electron chi connectivity index (χ3n) is 3.07. The summed E-state index contributed by atoms with van der Waals surface area (Å²) >= 11 is 5.78. The van der Waals surface area contributed by atoms with Gasteiger partial charge in [-0.1, -0.05) is 11.6 Å². The number of esters is 1. The van der Waals surface area contributed by atoms with Gasteiger partial charge in [0.25, 0.3) is 0 Å². The van der Waals surface area contributed by atoms with Crippen molar-refractivity contribution in [3.8, 4) is 0 Å². The fraction of sp³-hybridized carbons (Fsp3) is 0.250. The molecule has 1 atom stereocenters. The van der Waals surface area contributed by atoms with E-state index in [1.165, 1.54) is 6.92 Å². The summed E-state index contributed by atoms with van der Waals surface area (Å²) in [5.41, 5.74) is 0.439. The molecule has 6 nitrogen and oxygen atoms in total. The number of likely N-dealkylation sites (N-methyl/N-ethyl adjacent to an activating group) is 1. The number of carbonyl (C=O) groups is 2. The molecule has 0 spiro atoms. The summed E-state index contributed by atoms with van der Waals surface area (Å²) in [6.45, 7) is 1.48. The van der Waals surface area contributed by atoms with E-state index < -0.39 is 12.1 Å². The van der Waals surface area contributed by atoms with E-state index in [1.807, 2.05) is 0 Å². The molecule has 0 aliphatic carbocycles. The van der Waals surface area contributed by atoms with Gasteiger partial charge in [-0.25, -0.2) is 9.97 Å². The fourth-order valence-electron chi connectivity index (χ4n) is 1.89. The molecule has 1 heterocycles. The van der Waals surface area contributed by atoms with Crippen molar-refractivity contribution in [1.29, 1.82) is 0 Å². The van der Waals surface area contributed by atoms with Gasteiger partial charge in [-0.2, -0.15) is 0 Å². The molecule has 23 heavy (non-hydrogen) atoms. The molecular weight excluding hydrogens is 318 g/mol. The fourth-order valence-corrected chi connectivity index (χ4v) is 2.02. The lowest BCUT2D eigenvalue weighted by atomic mass is 10.1. The van der Waals surface area contributed by atoms with E-state index in [0.717, 1.165) is 0 Å². The van der Waals surface area contributed by atoms with Crippen LogP contribution in [0.3, 0.4) is 0 Å². The lowest BCUT2D eigenvalue weighted by molar-refractivity contribution is -0.144. The van der Waals surface area contributed by atoms with Crippen molar-refractivity contribution in [3.63, 3.8) is 0 Å². The van der Waals surface area contributed by atoms with Crippen molar-refractivity contribution in [3.05, 3.63) is 53.3 Å². The van der Waals surface area contributed by atoms with Crippen LogP contribution >= 0.6 is 11.6 Å². The zero-order valence-corrected chi connectivity index (χ0v) is 13.5. The molecule has 120 valence electrons. The molecule has 0 fully saturated rings. The molecule has 0 aliphatic heterocycles. The van der Waals surface area contributed by atoms with Crippen molar-refractivity contribution >= 4 is 29.3 Å². The van der Waals surface area contributed by atoms with Gasteiger partial charge in [-0.15, -0.1) is 0 Å². The van der Waals surface area contributed by atoms with Crippen LogP contribution in [0.5, 0.6) is 0 Å². The number of ketones is 1. The number of Topliss-reactive ketones (excluding diaryl/α,β-unsaturated/α-hetero) is 1. The van der Waals surface area contributed by atoms with Crippen molar-refractivity contribution < 1.29 is 14.3 Å². The Morgan fingerprint density at radius 3 is 2.43 bits per heavy atom. The van der Waals surface area contributed by atoms with Crippen molar-refractivity contribution in [2.45, 2.75) is 13.0 Å². The van der Waals surface area contributed by atoms with Crippen molar-refractivity contribution in [2.75, 3.05) is 18.5 Å². The third-order valence-corrected chi connectivity index (χ3v) is 3.32. The molecule has 0 N–H and O–H groups in total. The number of carbonyl (C=O) groups excluding carboxylic acids is 2. The SMILES string of the molecule is CC(OC(=O)CN(C)c1ncccn1)C(=O)c1ccc(Cl)cc1. The first-order valence-corrected chi connectivity index (χ1v) is 7.32. The minimum absolute atomic E-state index is 0.0533. The maximum absolute atomic E-state index is 12.2. The van der Waals surface area contributed by atoms with Gasteiger partial charge < -0.3 is 9.64 Å². The molecule has 0 saturated heterocycles. The molecule has 0 aliphatic rings. The molecule has 1 unspecified atom stereocenters. The molecule has 0 bridgehead atoms. The second-order valence-electron chi connectivity index (χ2n) is 4.91. The highest BCUT2D eigenvalue weighted by Gasteiger charge is 2.20. The zero-order valence-electron chi connectivity index (χ0n) is 12.8. The Bertz CT molecular complexity index is 677. The maximum Gasteiger partial charge on any atom is 0.326 e. The Morgan fingerprint density at radius 2 is 1.83 bits per heavy atom. The number of hydrogen-bond donors (Lipinski definition) is 0.